The van der Waals surface area contributed by atoms with E-state index in [4.69, 9.17) is 0 Å². The van der Waals surface area contributed by atoms with Gasteiger partial charge in [0.15, 0.2) is 8.07 Å². The summed E-state index contributed by atoms with van der Waals surface area (Å²) in [7, 11) is -2.71. The highest BCUT2D eigenvalue weighted by atomic mass is 28.3. The van der Waals surface area contributed by atoms with Gasteiger partial charge >= 0.3 is 0 Å². The van der Waals surface area contributed by atoms with Gasteiger partial charge in [-0.15, -0.1) is 0 Å². The second-order valence-corrected chi connectivity index (χ2v) is 22.1. The predicted octanol–water partition coefficient (Wildman–Crippen LogP) is 13.7. The molecule has 0 aliphatic heterocycles. The van der Waals surface area contributed by atoms with Crippen LogP contribution >= 0.6 is 0 Å². The quantitative estimate of drug-likeness (QED) is 0.103. The van der Waals surface area contributed by atoms with Gasteiger partial charge in [-0.25, -0.2) is 0 Å². The fourth-order valence-corrected chi connectivity index (χ4v) is 16.1. The van der Waals surface area contributed by atoms with Crippen molar-refractivity contribution in [1.82, 2.24) is 0 Å². The summed E-state index contributed by atoms with van der Waals surface area (Å²) in [6.45, 7) is 4.82. The molecule has 2 aliphatic rings. The van der Waals surface area contributed by atoms with Crippen molar-refractivity contribution in [3.05, 3.63) is 235 Å². The van der Waals surface area contributed by atoms with Crippen LogP contribution in [-0.4, -0.2) is 8.07 Å². The molecule has 2 heteroatoms. The van der Waals surface area contributed by atoms with E-state index in [9.17, 15) is 0 Å². The molecule has 0 amide bonds. The van der Waals surface area contributed by atoms with Gasteiger partial charge in [0.05, 0.1) is 0 Å². The summed E-state index contributed by atoms with van der Waals surface area (Å²) < 4.78 is 0. The van der Waals surface area contributed by atoms with E-state index in [0.717, 1.165) is 5.69 Å². The van der Waals surface area contributed by atoms with Gasteiger partial charge in [0.2, 0.25) is 0 Å². The minimum Gasteiger partial charge on any atom is -0.310 e. The Morgan fingerprint density at radius 2 is 0.921 bits per heavy atom. The molecule has 1 nitrogen and oxygen atoms in total. The van der Waals surface area contributed by atoms with Gasteiger partial charge in [-0.3, -0.25) is 0 Å². The summed E-state index contributed by atoms with van der Waals surface area (Å²) in [6, 6.07) is 82.8. The van der Waals surface area contributed by atoms with Crippen molar-refractivity contribution in [2.75, 3.05) is 4.90 Å². The molecule has 0 heterocycles. The maximum Gasteiger partial charge on any atom is 0.179 e. The molecule has 1 saturated carbocycles. The van der Waals surface area contributed by atoms with Gasteiger partial charge in [0.1, 0.15) is 0 Å². The van der Waals surface area contributed by atoms with E-state index in [-0.39, 0.29) is 5.41 Å². The molecule has 0 aromatic heterocycles. The van der Waals surface area contributed by atoms with Crippen molar-refractivity contribution in [2.45, 2.75) is 57.3 Å². The Balaban J connectivity index is 1.14. The Hall–Kier alpha value is -6.74. The summed E-state index contributed by atoms with van der Waals surface area (Å²) in [5.41, 5.74) is 12.8. The van der Waals surface area contributed by atoms with E-state index < -0.39 is 8.07 Å². The lowest BCUT2D eigenvalue weighted by molar-refractivity contribution is 0.443. The number of nitrogens with zero attached hydrogens (tertiary/aromatic N) is 1. The normalized spacial score (nSPS) is 14.6. The Kier molecular flexibility index (Phi) is 10.1. The highest BCUT2D eigenvalue weighted by molar-refractivity contribution is 7.19. The number of benzene rings is 9. The van der Waals surface area contributed by atoms with Crippen molar-refractivity contribution in [1.29, 1.82) is 0 Å². The Morgan fingerprint density at radius 3 is 1.56 bits per heavy atom. The van der Waals surface area contributed by atoms with Crippen molar-refractivity contribution in [3.63, 3.8) is 0 Å². The summed E-state index contributed by atoms with van der Waals surface area (Å²) in [4.78, 5) is 2.53. The molecule has 0 atom stereocenters. The van der Waals surface area contributed by atoms with Crippen LogP contribution in [0.25, 0.3) is 33.0 Å². The second kappa shape index (κ2) is 16.2. The van der Waals surface area contributed by atoms with E-state index >= 15 is 0 Å². The molecule has 2 aliphatic carbocycles. The van der Waals surface area contributed by atoms with Gasteiger partial charge in [-0.1, -0.05) is 215 Å². The zero-order chi connectivity index (χ0) is 42.4. The molecule has 0 saturated heterocycles. The largest absolute Gasteiger partial charge is 0.310 e. The summed E-state index contributed by atoms with van der Waals surface area (Å²) >= 11 is 0. The highest BCUT2D eigenvalue weighted by Crippen LogP contribution is 2.55. The van der Waals surface area contributed by atoms with Crippen LogP contribution in [0.15, 0.2) is 218 Å². The monoisotopic (exact) mass is 827 g/mol. The van der Waals surface area contributed by atoms with Gasteiger partial charge in [0, 0.05) is 22.5 Å². The first-order chi connectivity index (χ1) is 31.0. The first-order valence-electron chi connectivity index (χ1n) is 23.0. The van der Waals surface area contributed by atoms with E-state index in [1.165, 1.54) is 114 Å². The molecule has 0 N–H and O–H groups in total. The fourth-order valence-electron chi connectivity index (χ4n) is 11.3. The Bertz CT molecular complexity index is 2940. The number of hydrogen-bond donors (Lipinski definition) is 0. The third kappa shape index (κ3) is 6.67. The maximum atomic E-state index is 2.53. The van der Waals surface area contributed by atoms with Gasteiger partial charge in [-0.2, -0.15) is 0 Å². The molecular weight excluding hydrogens is 775 g/mol. The van der Waals surface area contributed by atoms with Crippen molar-refractivity contribution in [2.24, 2.45) is 0 Å². The topological polar surface area (TPSA) is 3.24 Å². The molecule has 9 aromatic rings. The molecule has 0 unspecified atom stereocenters. The smallest absolute Gasteiger partial charge is 0.179 e. The van der Waals surface area contributed by atoms with Crippen molar-refractivity contribution < 1.29 is 0 Å². The van der Waals surface area contributed by atoms with Crippen molar-refractivity contribution >= 4 is 56.7 Å². The molecule has 306 valence electrons. The molecule has 63 heavy (non-hydrogen) atoms. The minimum atomic E-state index is -2.71. The van der Waals surface area contributed by atoms with Crippen LogP contribution in [0, 0.1) is 0 Å². The van der Waals surface area contributed by atoms with Gasteiger partial charge in [0.25, 0.3) is 0 Å². The number of rotatable bonds is 9. The third-order valence-corrected chi connectivity index (χ3v) is 19.2. The second-order valence-electron chi connectivity index (χ2n) is 18.3. The van der Waals surface area contributed by atoms with E-state index in [1.54, 1.807) is 0 Å². The third-order valence-electron chi connectivity index (χ3n) is 14.4. The van der Waals surface area contributed by atoms with Crippen LogP contribution in [0.5, 0.6) is 0 Å². The first-order valence-corrected chi connectivity index (χ1v) is 25.0. The minimum absolute atomic E-state index is 0.187. The van der Waals surface area contributed by atoms with Crippen LogP contribution in [-0.2, 0) is 5.41 Å². The van der Waals surface area contributed by atoms with Crippen LogP contribution in [0.4, 0.5) is 17.1 Å². The molecule has 0 spiro atoms. The number of fused-ring (bicyclic) bond motifs is 4. The van der Waals surface area contributed by atoms with Crippen LogP contribution in [0.2, 0.25) is 0 Å². The average Bonchev–Trinajstić information content (AvgIpc) is 3.59. The van der Waals surface area contributed by atoms with Gasteiger partial charge in [-0.05, 0) is 126 Å². The number of hydrogen-bond acceptors (Lipinski definition) is 1. The highest BCUT2D eigenvalue weighted by Gasteiger charge is 2.42. The van der Waals surface area contributed by atoms with Crippen LogP contribution in [0.3, 0.4) is 0 Å². The molecule has 0 bridgehead atoms. The van der Waals surface area contributed by atoms with Crippen LogP contribution in [0.1, 0.15) is 68.6 Å². The molecule has 1 fully saturated rings. The molecular formula is C61H53NSi. The lowest BCUT2D eigenvalue weighted by Crippen LogP contribution is -2.74. The SMILES string of the molecule is CC1(C)c2ccccc2-c2c(-c3cccc4ccccc34)cc(N(c3ccc(C4CCCCC4)cc3)c3ccc([Si](c4ccccc4)(c4ccccc4)c4ccccc4)cc3)cc21. The average molecular weight is 828 g/mol. The number of anilines is 3. The summed E-state index contributed by atoms with van der Waals surface area (Å²) in [5.74, 6) is 0.643. The lowest BCUT2D eigenvalue weighted by Gasteiger charge is -2.35. The molecule has 11 rings (SSSR count). The zero-order valence-corrected chi connectivity index (χ0v) is 37.3. The lowest BCUT2D eigenvalue weighted by atomic mass is 9.81. The zero-order valence-electron chi connectivity index (χ0n) is 36.3. The van der Waals surface area contributed by atoms with Gasteiger partial charge < -0.3 is 4.90 Å². The maximum absolute atomic E-state index is 2.71. The van der Waals surface area contributed by atoms with E-state index in [1.807, 2.05) is 0 Å². The van der Waals surface area contributed by atoms with E-state index in [2.05, 4.69) is 237 Å². The fraction of sp³-hybridized carbons (Fsp3) is 0.148. The Labute approximate surface area is 374 Å². The standard InChI is InChI=1S/C61H53NSi/c1-61(2)58-33-18-17-31-56(58)60-57(55-32-19-23-46-22-15-16-30-54(46)55)42-49(43-59(60)61)62(47-36-34-45(35-37-47)44-20-7-3-8-21-44)48-38-40-53(41-39-48)63(50-24-9-4-10-25-50,51-26-11-5-12-27-51)52-28-13-6-14-29-52/h4-6,9-19,22-44H,3,7-8,20-21H2,1-2H3. The molecule has 0 radical (unpaired) electrons. The first kappa shape index (κ1) is 39.1. The summed E-state index contributed by atoms with van der Waals surface area (Å²) in [6.07, 6.45) is 6.59. The summed E-state index contributed by atoms with van der Waals surface area (Å²) in [5, 5.41) is 8.04. The van der Waals surface area contributed by atoms with E-state index in [0.29, 0.717) is 5.92 Å². The van der Waals surface area contributed by atoms with Crippen molar-refractivity contribution in [3.8, 4) is 22.3 Å². The van der Waals surface area contributed by atoms with Crippen LogP contribution < -0.4 is 25.6 Å². The Morgan fingerprint density at radius 1 is 0.413 bits per heavy atom. The predicted molar refractivity (Wildman–Crippen MR) is 271 cm³/mol. The molecule has 9 aromatic carbocycles.